The number of nitrogens with one attached hydrogen (secondary N) is 1. The third-order valence-corrected chi connectivity index (χ3v) is 4.90. The molecule has 6 heteroatoms. The van der Waals surface area contributed by atoms with Gasteiger partial charge in [0.2, 0.25) is 5.91 Å². The largest absolute Gasteiger partial charge is 0.272 e. The minimum atomic E-state index is -0.0978. The van der Waals surface area contributed by atoms with Crippen LogP contribution >= 0.6 is 34.7 Å². The van der Waals surface area contributed by atoms with E-state index in [4.69, 9.17) is 11.6 Å². The highest BCUT2D eigenvalue weighted by Crippen LogP contribution is 2.15. The second-order valence-corrected chi connectivity index (χ2v) is 6.75. The van der Waals surface area contributed by atoms with E-state index in [1.807, 2.05) is 42.6 Å². The van der Waals surface area contributed by atoms with Crippen molar-refractivity contribution in [3.05, 3.63) is 56.7 Å². The average molecular weight is 339 g/mol. The molecule has 21 heavy (non-hydrogen) atoms. The lowest BCUT2D eigenvalue weighted by atomic mass is 10.2. The maximum atomic E-state index is 11.6. The summed E-state index contributed by atoms with van der Waals surface area (Å²) in [6, 6.07) is 9.65. The summed E-state index contributed by atoms with van der Waals surface area (Å²) in [6.45, 7) is 2.02. The number of hydrogen-bond acceptors (Lipinski definition) is 4. The minimum Gasteiger partial charge on any atom is -0.272 e. The smallest absolute Gasteiger partial charge is 0.250 e. The standard InChI is InChI=1S/C15H15ClN2OS2/c1-11-6-7-21-14(11)8-17-18-15(19)10-20-9-12-2-4-13(16)5-3-12/h2-8H,9-10H2,1H3,(H,18,19)/b17-8-. The minimum absolute atomic E-state index is 0.0978. The normalized spacial score (nSPS) is 11.0. The van der Waals surface area contributed by atoms with Crippen molar-refractivity contribution in [3.8, 4) is 0 Å². The molecule has 0 saturated heterocycles. The second-order valence-electron chi connectivity index (χ2n) is 4.38. The van der Waals surface area contributed by atoms with Crippen molar-refractivity contribution in [2.75, 3.05) is 5.75 Å². The fourth-order valence-electron chi connectivity index (χ4n) is 1.55. The van der Waals surface area contributed by atoms with Crippen LogP contribution in [0.15, 0.2) is 40.8 Å². The van der Waals surface area contributed by atoms with Gasteiger partial charge >= 0.3 is 0 Å². The van der Waals surface area contributed by atoms with E-state index in [1.54, 1.807) is 29.3 Å². The van der Waals surface area contributed by atoms with E-state index in [2.05, 4.69) is 10.5 Å². The zero-order chi connectivity index (χ0) is 15.1. The van der Waals surface area contributed by atoms with Crippen LogP contribution in [-0.4, -0.2) is 17.9 Å². The Kier molecular flexibility index (Phi) is 6.29. The van der Waals surface area contributed by atoms with Gasteiger partial charge in [0.15, 0.2) is 0 Å². The van der Waals surface area contributed by atoms with Crippen LogP contribution in [0.5, 0.6) is 0 Å². The molecule has 1 aromatic heterocycles. The summed E-state index contributed by atoms with van der Waals surface area (Å²) in [7, 11) is 0. The summed E-state index contributed by atoms with van der Waals surface area (Å²) in [5.41, 5.74) is 4.85. The highest BCUT2D eigenvalue weighted by Gasteiger charge is 2.01. The molecule has 0 aliphatic carbocycles. The molecule has 3 nitrogen and oxygen atoms in total. The first-order valence-electron chi connectivity index (χ1n) is 6.33. The second kappa shape index (κ2) is 8.22. The number of thioether (sulfide) groups is 1. The predicted octanol–water partition coefficient (Wildman–Crippen LogP) is 4.09. The summed E-state index contributed by atoms with van der Waals surface area (Å²) >= 11 is 8.97. The van der Waals surface area contributed by atoms with Crippen LogP contribution < -0.4 is 5.43 Å². The molecule has 0 unspecified atom stereocenters. The highest BCUT2D eigenvalue weighted by molar-refractivity contribution is 7.99. The Balaban J connectivity index is 1.69. The van der Waals surface area contributed by atoms with E-state index in [0.717, 1.165) is 26.8 Å². The van der Waals surface area contributed by atoms with Crippen molar-refractivity contribution in [2.24, 2.45) is 5.10 Å². The SMILES string of the molecule is Cc1ccsc1/C=N\NC(=O)CSCc1ccc(Cl)cc1. The Morgan fingerprint density at radius 2 is 2.14 bits per heavy atom. The molecule has 0 aliphatic rings. The van der Waals surface area contributed by atoms with Gasteiger partial charge in [-0.2, -0.15) is 5.10 Å². The fraction of sp³-hybridized carbons (Fsp3) is 0.200. The van der Waals surface area contributed by atoms with E-state index in [9.17, 15) is 4.79 Å². The van der Waals surface area contributed by atoms with Crippen molar-refractivity contribution in [2.45, 2.75) is 12.7 Å². The molecule has 0 bridgehead atoms. The Hall–Kier alpha value is -1.30. The summed E-state index contributed by atoms with van der Waals surface area (Å²) in [5, 5.41) is 6.69. The van der Waals surface area contributed by atoms with Crippen LogP contribution in [0.2, 0.25) is 5.02 Å². The van der Waals surface area contributed by atoms with Gasteiger partial charge in [-0.15, -0.1) is 23.1 Å². The van der Waals surface area contributed by atoms with Gasteiger partial charge in [-0.1, -0.05) is 23.7 Å². The lowest BCUT2D eigenvalue weighted by Gasteiger charge is -2.01. The zero-order valence-corrected chi connectivity index (χ0v) is 13.9. The maximum Gasteiger partial charge on any atom is 0.250 e. The molecule has 2 rings (SSSR count). The number of nitrogens with zero attached hydrogens (tertiary/aromatic N) is 1. The molecule has 0 radical (unpaired) electrons. The molecule has 0 atom stereocenters. The molecule has 0 aliphatic heterocycles. The lowest BCUT2D eigenvalue weighted by Crippen LogP contribution is -2.19. The van der Waals surface area contributed by atoms with Crippen molar-refractivity contribution >= 4 is 46.8 Å². The van der Waals surface area contributed by atoms with Gasteiger partial charge in [-0.25, -0.2) is 5.43 Å². The summed E-state index contributed by atoms with van der Waals surface area (Å²) in [6.07, 6.45) is 1.68. The maximum absolute atomic E-state index is 11.6. The molecule has 0 spiro atoms. The molecule has 2 aromatic rings. The van der Waals surface area contributed by atoms with Crippen LogP contribution in [0.25, 0.3) is 0 Å². The summed E-state index contributed by atoms with van der Waals surface area (Å²) < 4.78 is 0. The average Bonchev–Trinajstić information content (AvgIpc) is 2.87. The number of hydrazone groups is 1. The predicted molar refractivity (Wildman–Crippen MR) is 92.4 cm³/mol. The number of carbonyl (C=O) groups is 1. The van der Waals surface area contributed by atoms with Crippen molar-refractivity contribution in [1.82, 2.24) is 5.43 Å². The van der Waals surface area contributed by atoms with Gasteiger partial charge in [0.1, 0.15) is 0 Å². The molecular formula is C15H15ClN2OS2. The van der Waals surface area contributed by atoms with Crippen molar-refractivity contribution in [3.63, 3.8) is 0 Å². The van der Waals surface area contributed by atoms with Gasteiger partial charge in [0, 0.05) is 15.7 Å². The number of rotatable bonds is 6. The van der Waals surface area contributed by atoms with Crippen molar-refractivity contribution < 1.29 is 4.79 Å². The van der Waals surface area contributed by atoms with Crippen LogP contribution in [0, 0.1) is 6.92 Å². The van der Waals surface area contributed by atoms with Gasteiger partial charge < -0.3 is 0 Å². The lowest BCUT2D eigenvalue weighted by molar-refractivity contribution is -0.118. The molecule has 0 saturated carbocycles. The van der Waals surface area contributed by atoms with E-state index < -0.39 is 0 Å². The molecule has 1 aromatic carbocycles. The first kappa shape index (κ1) is 16.1. The van der Waals surface area contributed by atoms with Crippen LogP contribution in [-0.2, 0) is 10.5 Å². The van der Waals surface area contributed by atoms with Gasteiger partial charge in [0.05, 0.1) is 12.0 Å². The van der Waals surface area contributed by atoms with Crippen molar-refractivity contribution in [1.29, 1.82) is 0 Å². The number of amides is 1. The number of halogens is 1. The molecule has 1 N–H and O–H groups in total. The third-order valence-electron chi connectivity index (χ3n) is 2.69. The summed E-state index contributed by atoms with van der Waals surface area (Å²) in [4.78, 5) is 12.7. The Morgan fingerprint density at radius 1 is 1.38 bits per heavy atom. The van der Waals surface area contributed by atoms with Gasteiger partial charge in [-0.3, -0.25) is 4.79 Å². The molecule has 0 fully saturated rings. The number of thiophene rings is 1. The number of hydrogen-bond donors (Lipinski definition) is 1. The Labute approximate surface area is 137 Å². The molecule has 110 valence electrons. The van der Waals surface area contributed by atoms with E-state index in [1.165, 1.54) is 0 Å². The number of benzene rings is 1. The Morgan fingerprint density at radius 3 is 2.81 bits per heavy atom. The quantitative estimate of drug-likeness (QED) is 0.636. The zero-order valence-electron chi connectivity index (χ0n) is 11.5. The number of aryl methyl sites for hydroxylation is 1. The van der Waals surface area contributed by atoms with Gasteiger partial charge in [0.25, 0.3) is 0 Å². The Bertz CT molecular complexity index is 623. The van der Waals surface area contributed by atoms with Crippen LogP contribution in [0.4, 0.5) is 0 Å². The van der Waals surface area contributed by atoms with Crippen LogP contribution in [0.3, 0.4) is 0 Å². The fourth-order valence-corrected chi connectivity index (χ4v) is 3.25. The highest BCUT2D eigenvalue weighted by atomic mass is 35.5. The monoisotopic (exact) mass is 338 g/mol. The first-order chi connectivity index (χ1) is 10.1. The molecule has 1 amide bonds. The molecular weight excluding hydrogens is 324 g/mol. The van der Waals surface area contributed by atoms with Gasteiger partial charge in [-0.05, 0) is 41.6 Å². The third kappa shape index (κ3) is 5.53. The number of carbonyl (C=O) groups excluding carboxylic acids is 1. The molecule has 1 heterocycles. The van der Waals surface area contributed by atoms with E-state index in [0.29, 0.717) is 5.75 Å². The topological polar surface area (TPSA) is 41.5 Å². The van der Waals surface area contributed by atoms with E-state index >= 15 is 0 Å². The summed E-state index contributed by atoms with van der Waals surface area (Å²) in [5.74, 6) is 1.06. The van der Waals surface area contributed by atoms with Crippen LogP contribution in [0.1, 0.15) is 16.0 Å². The first-order valence-corrected chi connectivity index (χ1v) is 8.74. The van der Waals surface area contributed by atoms with E-state index in [-0.39, 0.29) is 5.91 Å².